The number of aromatic nitrogens is 2. The fourth-order valence-corrected chi connectivity index (χ4v) is 6.38. The van der Waals surface area contributed by atoms with E-state index >= 15 is 4.39 Å². The lowest BCUT2D eigenvalue weighted by molar-refractivity contribution is -0.0276. The molecule has 0 atom stereocenters. The predicted octanol–water partition coefficient (Wildman–Crippen LogP) is 5.65. The van der Waals surface area contributed by atoms with Crippen molar-refractivity contribution in [2.75, 3.05) is 50.6 Å². The average Bonchev–Trinajstić information content (AvgIpc) is 3.74. The summed E-state index contributed by atoms with van der Waals surface area (Å²) in [6.45, 7) is 4.28. The van der Waals surface area contributed by atoms with Crippen molar-refractivity contribution in [3.05, 3.63) is 59.4 Å². The van der Waals surface area contributed by atoms with Gasteiger partial charge >= 0.3 is 0 Å². The second-order valence-electron chi connectivity index (χ2n) is 11.9. The van der Waals surface area contributed by atoms with E-state index in [0.717, 1.165) is 55.5 Å². The van der Waals surface area contributed by atoms with Gasteiger partial charge in [-0.05, 0) is 55.4 Å². The van der Waals surface area contributed by atoms with E-state index < -0.39 is 11.6 Å². The van der Waals surface area contributed by atoms with Gasteiger partial charge in [0.1, 0.15) is 18.2 Å². The minimum Gasteiger partial charge on any atom is -0.495 e. The molecule has 3 aromatic rings. The van der Waals surface area contributed by atoms with E-state index in [1.807, 2.05) is 12.1 Å². The largest absolute Gasteiger partial charge is 0.495 e. The van der Waals surface area contributed by atoms with Gasteiger partial charge in [0.05, 0.1) is 37.9 Å². The number of likely N-dealkylation sites (tertiary alicyclic amines) is 1. The van der Waals surface area contributed by atoms with Crippen LogP contribution in [0.3, 0.4) is 0 Å². The number of nitrogens with zero attached hydrogens (tertiary/aromatic N) is 4. The van der Waals surface area contributed by atoms with E-state index in [9.17, 15) is 4.39 Å². The number of benzene rings is 2. The Hall–Kier alpha value is -3.66. The first kappa shape index (κ1) is 26.3. The zero-order valence-corrected chi connectivity index (χ0v) is 23.5. The number of ether oxygens (including phenoxy) is 3. The first-order chi connectivity index (χ1) is 19.9. The molecule has 7 rings (SSSR count). The first-order valence-corrected chi connectivity index (χ1v) is 14.4. The molecule has 4 fully saturated rings. The summed E-state index contributed by atoms with van der Waals surface area (Å²) in [5.41, 5.74) is 2.68. The number of halogens is 2. The van der Waals surface area contributed by atoms with E-state index in [-0.39, 0.29) is 23.8 Å². The van der Waals surface area contributed by atoms with Crippen molar-refractivity contribution < 1.29 is 23.0 Å². The zero-order chi connectivity index (χ0) is 28.1. The molecule has 2 aliphatic heterocycles. The van der Waals surface area contributed by atoms with Crippen LogP contribution < -0.4 is 24.4 Å². The summed E-state index contributed by atoms with van der Waals surface area (Å²) in [5.74, 6) is 0.284. The Kier molecular flexibility index (Phi) is 6.60. The molecule has 2 aromatic carbocycles. The highest BCUT2D eigenvalue weighted by atomic mass is 19.1. The van der Waals surface area contributed by atoms with Crippen molar-refractivity contribution in [3.63, 3.8) is 0 Å². The minimum absolute atomic E-state index is 0.0287. The van der Waals surface area contributed by atoms with Gasteiger partial charge in [0, 0.05) is 49.4 Å². The maximum atomic E-state index is 15.2. The molecule has 1 aromatic heterocycles. The molecule has 2 aliphatic carbocycles. The van der Waals surface area contributed by atoms with E-state index in [0.29, 0.717) is 22.7 Å². The normalized spacial score (nSPS) is 19.8. The van der Waals surface area contributed by atoms with Crippen molar-refractivity contribution in [2.24, 2.45) is 5.41 Å². The molecule has 216 valence electrons. The van der Waals surface area contributed by atoms with Gasteiger partial charge in [-0.2, -0.15) is 0 Å². The Labute approximate surface area is 238 Å². The summed E-state index contributed by atoms with van der Waals surface area (Å²) in [4.78, 5) is 13.7. The molecule has 41 heavy (non-hydrogen) atoms. The summed E-state index contributed by atoms with van der Waals surface area (Å²) in [6, 6.07) is 8.32. The Morgan fingerprint density at radius 2 is 1.66 bits per heavy atom. The summed E-state index contributed by atoms with van der Waals surface area (Å²) in [5, 5.41) is 3.19. The van der Waals surface area contributed by atoms with Crippen LogP contribution in [0.2, 0.25) is 0 Å². The highest BCUT2D eigenvalue weighted by molar-refractivity contribution is 5.68. The lowest BCUT2D eigenvalue weighted by Gasteiger charge is -2.61. The molecular formula is C31H35F2N5O3. The molecule has 1 N–H and O–H groups in total. The van der Waals surface area contributed by atoms with Crippen LogP contribution in [0.4, 0.5) is 26.1 Å². The van der Waals surface area contributed by atoms with Gasteiger partial charge < -0.3 is 24.4 Å². The molecule has 0 unspecified atom stereocenters. The van der Waals surface area contributed by atoms with Gasteiger partial charge in [0.25, 0.3) is 0 Å². The predicted molar refractivity (Wildman–Crippen MR) is 151 cm³/mol. The number of nitrogens with one attached hydrogen (secondary N) is 1. The van der Waals surface area contributed by atoms with Crippen LogP contribution in [-0.4, -0.2) is 61.3 Å². The van der Waals surface area contributed by atoms with Crippen molar-refractivity contribution >= 4 is 17.3 Å². The minimum atomic E-state index is -0.744. The van der Waals surface area contributed by atoms with Gasteiger partial charge in [-0.3, -0.25) is 4.90 Å². The standard InChI is InChI=1S/C31H35F2N5O3/c1-39-26-10-20(6-9-25(26)38-17-31(18-38)15-37(16-31)21-7-8-21)36-30-34-12-22(13-35-30)41-14-24-28(32)23(19-4-3-5-19)11-27(40-2)29(24)33/h6,9-13,19,21H,3-5,7-8,14-18H2,1-2H3,(H,34,35,36). The molecule has 0 amide bonds. The molecular weight excluding hydrogens is 528 g/mol. The van der Waals surface area contributed by atoms with Gasteiger partial charge in [-0.15, -0.1) is 0 Å². The Bertz CT molecular complexity index is 1430. The smallest absolute Gasteiger partial charge is 0.227 e. The zero-order valence-electron chi connectivity index (χ0n) is 23.5. The molecule has 0 radical (unpaired) electrons. The topological polar surface area (TPSA) is 72.0 Å². The molecule has 2 saturated carbocycles. The summed E-state index contributed by atoms with van der Waals surface area (Å²) >= 11 is 0. The van der Waals surface area contributed by atoms with E-state index in [1.54, 1.807) is 7.11 Å². The molecule has 8 nitrogen and oxygen atoms in total. The summed E-state index contributed by atoms with van der Waals surface area (Å²) in [6.07, 6.45) is 8.52. The number of hydrogen-bond acceptors (Lipinski definition) is 8. The van der Waals surface area contributed by atoms with Gasteiger partial charge in [0.2, 0.25) is 5.95 Å². The van der Waals surface area contributed by atoms with Crippen molar-refractivity contribution in [1.82, 2.24) is 14.9 Å². The molecule has 4 aliphatic rings. The fraction of sp³-hybridized carbons (Fsp3) is 0.484. The number of rotatable bonds is 10. The van der Waals surface area contributed by atoms with Crippen LogP contribution in [0.25, 0.3) is 0 Å². The van der Waals surface area contributed by atoms with Crippen LogP contribution in [0.15, 0.2) is 36.7 Å². The fourth-order valence-electron chi connectivity index (χ4n) is 6.38. The van der Waals surface area contributed by atoms with E-state index in [1.165, 1.54) is 51.5 Å². The second-order valence-corrected chi connectivity index (χ2v) is 11.9. The van der Waals surface area contributed by atoms with Gasteiger partial charge in [-0.25, -0.2) is 18.7 Å². The first-order valence-electron chi connectivity index (χ1n) is 14.4. The molecule has 10 heteroatoms. The molecule has 1 spiro atoms. The Morgan fingerprint density at radius 1 is 0.927 bits per heavy atom. The lowest BCUT2D eigenvalue weighted by atomic mass is 9.72. The van der Waals surface area contributed by atoms with Crippen molar-refractivity contribution in [3.8, 4) is 17.2 Å². The number of hydrogen-bond donors (Lipinski definition) is 1. The highest BCUT2D eigenvalue weighted by Crippen LogP contribution is 2.48. The monoisotopic (exact) mass is 563 g/mol. The van der Waals surface area contributed by atoms with Crippen LogP contribution in [0.5, 0.6) is 17.2 Å². The van der Waals surface area contributed by atoms with Crippen LogP contribution >= 0.6 is 0 Å². The third-order valence-electron chi connectivity index (χ3n) is 9.03. The highest BCUT2D eigenvalue weighted by Gasteiger charge is 2.54. The quantitative estimate of drug-likeness (QED) is 0.340. The Morgan fingerprint density at radius 3 is 2.29 bits per heavy atom. The molecule has 3 heterocycles. The van der Waals surface area contributed by atoms with E-state index in [4.69, 9.17) is 14.2 Å². The second kappa shape index (κ2) is 10.3. The third kappa shape index (κ3) is 4.92. The SMILES string of the molecule is COc1cc(Nc2ncc(OCc3c(F)c(OC)cc(C4CCC4)c3F)cn2)ccc1N1CC2(C1)CN(C1CC1)C2. The number of methoxy groups -OCH3 is 2. The summed E-state index contributed by atoms with van der Waals surface area (Å²) < 4.78 is 46.6. The number of anilines is 3. The van der Waals surface area contributed by atoms with Crippen LogP contribution in [0.1, 0.15) is 49.1 Å². The van der Waals surface area contributed by atoms with Crippen LogP contribution in [-0.2, 0) is 6.61 Å². The molecule has 0 bridgehead atoms. The Balaban J connectivity index is 0.975. The van der Waals surface area contributed by atoms with Crippen LogP contribution in [0, 0.1) is 17.0 Å². The average molecular weight is 564 g/mol. The lowest BCUT2D eigenvalue weighted by Crippen LogP contribution is -2.72. The van der Waals surface area contributed by atoms with Gasteiger partial charge in [-0.1, -0.05) is 6.42 Å². The van der Waals surface area contributed by atoms with Crippen molar-refractivity contribution in [1.29, 1.82) is 0 Å². The van der Waals surface area contributed by atoms with Gasteiger partial charge in [0.15, 0.2) is 17.3 Å². The van der Waals surface area contributed by atoms with Crippen molar-refractivity contribution in [2.45, 2.75) is 50.7 Å². The maximum Gasteiger partial charge on any atom is 0.227 e. The molecule has 2 saturated heterocycles. The summed E-state index contributed by atoms with van der Waals surface area (Å²) in [7, 11) is 3.06. The van der Waals surface area contributed by atoms with E-state index in [2.05, 4.69) is 31.2 Å². The third-order valence-corrected chi connectivity index (χ3v) is 9.03. The maximum absolute atomic E-state index is 15.2.